The second-order valence-corrected chi connectivity index (χ2v) is 6.43. The summed E-state index contributed by atoms with van der Waals surface area (Å²) in [7, 11) is 0. The summed E-state index contributed by atoms with van der Waals surface area (Å²) in [5.74, 6) is 0.148. The molecule has 1 fully saturated rings. The fourth-order valence-electron chi connectivity index (χ4n) is 2.75. The van der Waals surface area contributed by atoms with Gasteiger partial charge < -0.3 is 14.6 Å². The van der Waals surface area contributed by atoms with Crippen LogP contribution in [0.1, 0.15) is 29.0 Å². The van der Waals surface area contributed by atoms with E-state index in [0.717, 1.165) is 18.4 Å². The van der Waals surface area contributed by atoms with Gasteiger partial charge in [0.05, 0.1) is 11.2 Å². The molecule has 3 rings (SSSR count). The van der Waals surface area contributed by atoms with Crippen LogP contribution in [0.25, 0.3) is 0 Å². The molecule has 3 heterocycles. The zero-order valence-corrected chi connectivity index (χ0v) is 13.5. The lowest BCUT2D eigenvalue weighted by molar-refractivity contribution is -0.383. The van der Waals surface area contributed by atoms with Crippen molar-refractivity contribution in [3.63, 3.8) is 0 Å². The third-order valence-corrected chi connectivity index (χ3v) is 4.97. The molecule has 1 aliphatic heterocycles. The molecule has 8 heteroatoms. The number of amides is 1. The fraction of sp³-hybridized carbons (Fsp3) is 0.400. The summed E-state index contributed by atoms with van der Waals surface area (Å²) in [6.07, 6.45) is 3.00. The van der Waals surface area contributed by atoms with Gasteiger partial charge in [-0.3, -0.25) is 14.9 Å². The predicted octanol–water partition coefficient (Wildman–Crippen LogP) is 2.96. The lowest BCUT2D eigenvalue weighted by Gasteiger charge is -2.32. The van der Waals surface area contributed by atoms with Gasteiger partial charge >= 0.3 is 5.69 Å². The molecule has 0 aliphatic carbocycles. The number of nitrogens with one attached hydrogen (secondary N) is 1. The topological polar surface area (TPSA) is 88.6 Å². The van der Waals surface area contributed by atoms with Crippen LogP contribution >= 0.6 is 11.3 Å². The number of piperidine rings is 1. The van der Waals surface area contributed by atoms with Gasteiger partial charge in [-0.15, -0.1) is 11.3 Å². The molecule has 122 valence electrons. The average Bonchev–Trinajstić information content (AvgIpc) is 3.16. The number of furan rings is 1. The summed E-state index contributed by atoms with van der Waals surface area (Å²) in [6, 6.07) is 3.35. The van der Waals surface area contributed by atoms with Crippen molar-refractivity contribution in [3.8, 4) is 0 Å². The number of carbonyl (C=O) groups excluding carboxylic acids is 1. The average molecular weight is 335 g/mol. The van der Waals surface area contributed by atoms with Gasteiger partial charge in [0.1, 0.15) is 0 Å². The number of rotatable bonds is 4. The van der Waals surface area contributed by atoms with Gasteiger partial charge in [-0.05, 0) is 31.2 Å². The lowest BCUT2D eigenvalue weighted by atomic mass is 10.0. The maximum atomic E-state index is 12.1. The maximum absolute atomic E-state index is 12.1. The normalized spacial score (nSPS) is 15.6. The second kappa shape index (κ2) is 6.41. The van der Waals surface area contributed by atoms with Gasteiger partial charge in [-0.2, -0.15) is 0 Å². The van der Waals surface area contributed by atoms with Crippen molar-refractivity contribution >= 4 is 27.9 Å². The van der Waals surface area contributed by atoms with E-state index in [1.54, 1.807) is 11.4 Å². The van der Waals surface area contributed by atoms with E-state index in [-0.39, 0.29) is 22.6 Å². The van der Waals surface area contributed by atoms with E-state index in [1.807, 2.05) is 11.8 Å². The minimum absolute atomic E-state index is 0.0577. The smallest absolute Gasteiger partial charge is 0.303 e. The molecule has 0 spiro atoms. The zero-order chi connectivity index (χ0) is 16.4. The summed E-state index contributed by atoms with van der Waals surface area (Å²) in [5.41, 5.74) is 0.970. The Morgan fingerprint density at radius 3 is 2.78 bits per heavy atom. The fourth-order valence-corrected chi connectivity index (χ4v) is 3.67. The van der Waals surface area contributed by atoms with Crippen molar-refractivity contribution in [1.82, 2.24) is 5.32 Å². The van der Waals surface area contributed by atoms with Gasteiger partial charge in [0.15, 0.2) is 10.8 Å². The molecule has 0 atom stereocenters. The summed E-state index contributed by atoms with van der Waals surface area (Å²) >= 11 is 1.38. The van der Waals surface area contributed by atoms with Crippen LogP contribution in [0.15, 0.2) is 28.2 Å². The first-order valence-electron chi connectivity index (χ1n) is 7.38. The lowest BCUT2D eigenvalue weighted by Crippen LogP contribution is -2.44. The Labute approximate surface area is 137 Å². The maximum Gasteiger partial charge on any atom is 0.303 e. The van der Waals surface area contributed by atoms with Crippen LogP contribution in [-0.2, 0) is 0 Å². The van der Waals surface area contributed by atoms with Gasteiger partial charge in [0.25, 0.3) is 5.91 Å². The molecule has 1 amide bonds. The molecule has 1 N–H and O–H groups in total. The molecule has 2 aromatic heterocycles. The molecule has 7 nitrogen and oxygen atoms in total. The van der Waals surface area contributed by atoms with Crippen LogP contribution in [0.4, 0.5) is 10.7 Å². The molecule has 0 unspecified atom stereocenters. The van der Waals surface area contributed by atoms with Crippen molar-refractivity contribution < 1.29 is 14.1 Å². The standard InChI is InChI=1S/C15H17N3O4S/c1-10-4-8-22-13(10)14(19)16-11-2-6-17(7-3-11)15-12(18(20)21)5-9-23-15/h4-5,8-9,11H,2-3,6-7H2,1H3,(H,16,19). The van der Waals surface area contributed by atoms with Gasteiger partial charge in [0.2, 0.25) is 0 Å². The Morgan fingerprint density at radius 2 is 2.17 bits per heavy atom. The summed E-state index contributed by atoms with van der Waals surface area (Å²) in [4.78, 5) is 24.8. The van der Waals surface area contributed by atoms with Crippen LogP contribution in [-0.4, -0.2) is 30.0 Å². The van der Waals surface area contributed by atoms with E-state index in [4.69, 9.17) is 4.42 Å². The Hall–Kier alpha value is -2.35. The molecular weight excluding hydrogens is 318 g/mol. The quantitative estimate of drug-likeness (QED) is 0.685. The number of nitro groups is 1. The first-order valence-corrected chi connectivity index (χ1v) is 8.26. The molecule has 1 saturated heterocycles. The van der Waals surface area contributed by atoms with E-state index in [0.29, 0.717) is 23.9 Å². The number of hydrogen-bond acceptors (Lipinski definition) is 6. The van der Waals surface area contributed by atoms with Crippen LogP contribution in [0.5, 0.6) is 0 Å². The highest BCUT2D eigenvalue weighted by Gasteiger charge is 2.27. The van der Waals surface area contributed by atoms with Crippen molar-refractivity contribution in [3.05, 3.63) is 45.2 Å². The summed E-state index contributed by atoms with van der Waals surface area (Å²) in [6.45, 7) is 3.20. The number of thiophene rings is 1. The van der Waals surface area contributed by atoms with Crippen molar-refractivity contribution in [2.24, 2.45) is 0 Å². The largest absolute Gasteiger partial charge is 0.459 e. The highest BCUT2D eigenvalue weighted by atomic mass is 32.1. The number of hydrogen-bond donors (Lipinski definition) is 1. The first kappa shape index (κ1) is 15.5. The van der Waals surface area contributed by atoms with Gasteiger partial charge in [-0.25, -0.2) is 0 Å². The number of carbonyl (C=O) groups is 1. The Kier molecular flexibility index (Phi) is 4.33. The SMILES string of the molecule is Cc1ccoc1C(=O)NC1CCN(c2sccc2[N+](=O)[O-])CC1. The molecule has 0 bridgehead atoms. The van der Waals surface area contributed by atoms with E-state index in [2.05, 4.69) is 5.32 Å². The highest BCUT2D eigenvalue weighted by molar-refractivity contribution is 7.14. The summed E-state index contributed by atoms with van der Waals surface area (Å²) in [5, 5.41) is 16.4. The van der Waals surface area contributed by atoms with E-state index in [9.17, 15) is 14.9 Å². The second-order valence-electron chi connectivity index (χ2n) is 5.54. The van der Waals surface area contributed by atoms with Crippen LogP contribution < -0.4 is 10.2 Å². The number of nitrogens with zero attached hydrogens (tertiary/aromatic N) is 2. The number of aryl methyl sites for hydroxylation is 1. The van der Waals surface area contributed by atoms with Crippen LogP contribution in [0.2, 0.25) is 0 Å². The van der Waals surface area contributed by atoms with Gasteiger partial charge in [0, 0.05) is 30.8 Å². The Bertz CT molecular complexity index is 716. The minimum atomic E-state index is -0.348. The van der Waals surface area contributed by atoms with Crippen LogP contribution in [0.3, 0.4) is 0 Å². The van der Waals surface area contributed by atoms with E-state index >= 15 is 0 Å². The van der Waals surface area contributed by atoms with Gasteiger partial charge in [-0.1, -0.05) is 0 Å². The summed E-state index contributed by atoms with van der Waals surface area (Å²) < 4.78 is 5.19. The zero-order valence-electron chi connectivity index (χ0n) is 12.7. The minimum Gasteiger partial charge on any atom is -0.459 e. The monoisotopic (exact) mass is 335 g/mol. The van der Waals surface area contributed by atoms with Crippen molar-refractivity contribution in [2.45, 2.75) is 25.8 Å². The molecule has 0 radical (unpaired) electrons. The van der Waals surface area contributed by atoms with Crippen molar-refractivity contribution in [2.75, 3.05) is 18.0 Å². The highest BCUT2D eigenvalue weighted by Crippen LogP contribution is 2.35. The molecule has 0 saturated carbocycles. The predicted molar refractivity (Wildman–Crippen MR) is 87.1 cm³/mol. The third kappa shape index (κ3) is 3.21. The molecule has 23 heavy (non-hydrogen) atoms. The Morgan fingerprint density at radius 1 is 1.43 bits per heavy atom. The first-order chi connectivity index (χ1) is 11.1. The van der Waals surface area contributed by atoms with Crippen LogP contribution in [0, 0.1) is 17.0 Å². The van der Waals surface area contributed by atoms with E-state index in [1.165, 1.54) is 23.7 Å². The molecule has 1 aliphatic rings. The van der Waals surface area contributed by atoms with Crippen molar-refractivity contribution in [1.29, 1.82) is 0 Å². The van der Waals surface area contributed by atoms with E-state index < -0.39 is 0 Å². The molecular formula is C15H17N3O4S. The number of anilines is 1. The molecule has 2 aromatic rings. The molecule has 0 aromatic carbocycles. The third-order valence-electron chi connectivity index (χ3n) is 4.01. The Balaban J connectivity index is 1.58.